The van der Waals surface area contributed by atoms with Crippen molar-refractivity contribution in [1.82, 2.24) is 14.6 Å². The van der Waals surface area contributed by atoms with E-state index in [-0.39, 0.29) is 12.2 Å². The summed E-state index contributed by atoms with van der Waals surface area (Å²) in [5, 5.41) is 12.8. The fourth-order valence-corrected chi connectivity index (χ4v) is 4.56. The van der Waals surface area contributed by atoms with E-state index in [1.54, 1.807) is 23.2 Å². The number of esters is 1. The van der Waals surface area contributed by atoms with Crippen LogP contribution in [0.1, 0.15) is 19.6 Å². The predicted octanol–water partition coefficient (Wildman–Crippen LogP) is 0.679. The second-order valence-electron chi connectivity index (χ2n) is 7.15. The second-order valence-corrected chi connectivity index (χ2v) is 8.84. The number of halogens is 1. The highest BCUT2D eigenvalue weighted by Crippen LogP contribution is 2.45. The number of carbonyl (C=O) groups excluding carboxylic acids is 1. The number of aromatic nitrogens is 2. The van der Waals surface area contributed by atoms with Crippen LogP contribution in [0.3, 0.4) is 0 Å². The van der Waals surface area contributed by atoms with E-state index >= 15 is 0 Å². The normalized spacial score (nSPS) is 23.0. The number of H-pyrrole nitrogens is 1. The Hall–Kier alpha value is -2.83. The van der Waals surface area contributed by atoms with E-state index < -0.39 is 61.9 Å². The number of aliphatic hydroxyl groups is 1. The first-order valence-corrected chi connectivity index (χ1v) is 11.4. The Bertz CT molecular complexity index is 1140. The van der Waals surface area contributed by atoms with E-state index in [4.69, 9.17) is 13.8 Å². The molecule has 14 heteroatoms. The standard InChI is InChI=1S/C19H23FN3O9P/c1-11(18(26)29-2)22-33(28,32-12-6-4-3-5-7-12)30-10-15-14(24)8-16(31-15)23-9-13(20)17(25)21-19(23)27/h3-7,9,11,14-16,24H,8,10H2,1-2H3,(H,22,28)(H,21,25,27)/t11?,14?,15-,16?,33?/m1/s1. The third kappa shape index (κ3) is 6.15. The molecule has 1 saturated heterocycles. The molecular formula is C19H23FN3O9P. The van der Waals surface area contributed by atoms with Gasteiger partial charge in [0.1, 0.15) is 24.1 Å². The third-order valence-corrected chi connectivity index (χ3v) is 6.37. The van der Waals surface area contributed by atoms with Gasteiger partial charge in [-0.3, -0.25) is 23.7 Å². The minimum Gasteiger partial charge on any atom is -0.468 e. The van der Waals surface area contributed by atoms with Gasteiger partial charge in [0.15, 0.2) is 0 Å². The number of hydrogen-bond donors (Lipinski definition) is 3. The molecule has 0 aliphatic carbocycles. The van der Waals surface area contributed by atoms with E-state index in [0.717, 1.165) is 11.7 Å². The van der Waals surface area contributed by atoms with E-state index in [9.17, 15) is 28.4 Å². The van der Waals surface area contributed by atoms with Gasteiger partial charge in [0.25, 0.3) is 5.56 Å². The zero-order valence-corrected chi connectivity index (χ0v) is 18.6. The van der Waals surface area contributed by atoms with Crippen LogP contribution in [-0.2, 0) is 23.4 Å². The molecule has 2 aromatic rings. The molecule has 0 radical (unpaired) electrons. The Kier molecular flexibility index (Phi) is 7.82. The molecule has 33 heavy (non-hydrogen) atoms. The largest absolute Gasteiger partial charge is 0.468 e. The van der Waals surface area contributed by atoms with Gasteiger partial charge >= 0.3 is 19.4 Å². The Morgan fingerprint density at radius 1 is 1.39 bits per heavy atom. The van der Waals surface area contributed by atoms with Gasteiger partial charge in [-0.1, -0.05) is 18.2 Å². The highest BCUT2D eigenvalue weighted by atomic mass is 31.2. The van der Waals surface area contributed by atoms with Gasteiger partial charge < -0.3 is 19.1 Å². The van der Waals surface area contributed by atoms with Crippen LogP contribution in [0.2, 0.25) is 0 Å². The maximum atomic E-state index is 13.6. The topological polar surface area (TPSA) is 158 Å². The lowest BCUT2D eigenvalue weighted by Crippen LogP contribution is -2.36. The molecular weight excluding hydrogens is 464 g/mol. The Labute approximate surface area is 186 Å². The van der Waals surface area contributed by atoms with Crippen LogP contribution in [0.25, 0.3) is 0 Å². The first-order chi connectivity index (χ1) is 15.6. The fourth-order valence-electron chi connectivity index (χ4n) is 3.06. The SMILES string of the molecule is COC(=O)C(C)NP(=O)(OC[C@H]1OC(n2cc(F)c(=O)[nH]c2=O)CC1O)Oc1ccccc1. The molecule has 180 valence electrons. The molecule has 0 bridgehead atoms. The van der Waals surface area contributed by atoms with Crippen molar-refractivity contribution in [2.45, 2.75) is 37.8 Å². The molecule has 0 amide bonds. The van der Waals surface area contributed by atoms with E-state index in [1.807, 2.05) is 0 Å². The monoisotopic (exact) mass is 487 g/mol. The first-order valence-electron chi connectivity index (χ1n) is 9.81. The van der Waals surface area contributed by atoms with Crippen LogP contribution in [0.15, 0.2) is 46.1 Å². The lowest BCUT2D eigenvalue weighted by Gasteiger charge is -2.24. The number of ether oxygens (including phenoxy) is 2. The molecule has 0 spiro atoms. The third-order valence-electron chi connectivity index (χ3n) is 4.72. The minimum atomic E-state index is -4.18. The number of methoxy groups -OCH3 is 1. The molecule has 2 heterocycles. The zero-order chi connectivity index (χ0) is 24.2. The van der Waals surface area contributed by atoms with Crippen molar-refractivity contribution in [2.75, 3.05) is 13.7 Å². The van der Waals surface area contributed by atoms with Gasteiger partial charge in [-0.15, -0.1) is 0 Å². The van der Waals surface area contributed by atoms with Crippen LogP contribution in [0.4, 0.5) is 4.39 Å². The Balaban J connectivity index is 1.73. The molecule has 3 rings (SSSR count). The van der Waals surface area contributed by atoms with Crippen LogP contribution in [-0.4, -0.2) is 52.6 Å². The van der Waals surface area contributed by atoms with Crippen LogP contribution in [0.5, 0.6) is 5.75 Å². The summed E-state index contributed by atoms with van der Waals surface area (Å²) in [6.45, 7) is 0.924. The quantitative estimate of drug-likeness (QED) is 0.339. The average molecular weight is 487 g/mol. The summed E-state index contributed by atoms with van der Waals surface area (Å²) in [6, 6.07) is 6.98. The van der Waals surface area contributed by atoms with E-state index in [0.29, 0.717) is 6.20 Å². The summed E-state index contributed by atoms with van der Waals surface area (Å²) in [5.74, 6) is -1.73. The average Bonchev–Trinajstić information content (AvgIpc) is 3.15. The maximum absolute atomic E-state index is 13.6. The lowest BCUT2D eigenvalue weighted by atomic mass is 10.2. The summed E-state index contributed by atoms with van der Waals surface area (Å²) < 4.78 is 48.7. The first kappa shape index (κ1) is 24.8. The summed E-state index contributed by atoms with van der Waals surface area (Å²) in [5.41, 5.74) is -2.11. The second kappa shape index (κ2) is 10.4. The smallest absolute Gasteiger partial charge is 0.459 e. The Morgan fingerprint density at radius 2 is 2.09 bits per heavy atom. The molecule has 12 nitrogen and oxygen atoms in total. The summed E-state index contributed by atoms with van der Waals surface area (Å²) in [6.07, 6.45) is -2.83. The molecule has 3 N–H and O–H groups in total. The van der Waals surface area contributed by atoms with Crippen molar-refractivity contribution in [3.05, 3.63) is 63.2 Å². The summed E-state index contributed by atoms with van der Waals surface area (Å²) in [4.78, 5) is 36.7. The highest BCUT2D eigenvalue weighted by Gasteiger charge is 2.39. The van der Waals surface area contributed by atoms with E-state index in [1.165, 1.54) is 19.1 Å². The molecule has 1 aromatic carbocycles. The summed E-state index contributed by atoms with van der Waals surface area (Å²) >= 11 is 0. The lowest BCUT2D eigenvalue weighted by molar-refractivity contribution is -0.142. The minimum absolute atomic E-state index is 0.130. The molecule has 0 saturated carbocycles. The van der Waals surface area contributed by atoms with Gasteiger partial charge in [0.05, 0.1) is 26.0 Å². The summed E-state index contributed by atoms with van der Waals surface area (Å²) in [7, 11) is -3.02. The molecule has 4 unspecified atom stereocenters. The molecule has 1 fully saturated rings. The molecule has 1 aromatic heterocycles. The van der Waals surface area contributed by atoms with Crippen LogP contribution in [0, 0.1) is 5.82 Å². The van der Waals surface area contributed by atoms with Crippen molar-refractivity contribution >= 4 is 13.7 Å². The number of benzene rings is 1. The zero-order valence-electron chi connectivity index (χ0n) is 17.7. The van der Waals surface area contributed by atoms with Crippen molar-refractivity contribution in [2.24, 2.45) is 0 Å². The number of nitrogens with one attached hydrogen (secondary N) is 2. The van der Waals surface area contributed by atoms with Crippen molar-refractivity contribution < 1.29 is 37.4 Å². The fraction of sp³-hybridized carbons (Fsp3) is 0.421. The number of rotatable bonds is 9. The number of para-hydroxylation sites is 1. The molecule has 1 aliphatic rings. The van der Waals surface area contributed by atoms with Gasteiger partial charge in [-0.05, 0) is 19.1 Å². The van der Waals surface area contributed by atoms with Crippen molar-refractivity contribution in [3.63, 3.8) is 0 Å². The van der Waals surface area contributed by atoms with E-state index in [2.05, 4.69) is 9.82 Å². The van der Waals surface area contributed by atoms with Crippen molar-refractivity contribution in [3.8, 4) is 5.75 Å². The number of carbonyl (C=O) groups is 1. The number of nitrogens with zero attached hydrogens (tertiary/aromatic N) is 1. The highest BCUT2D eigenvalue weighted by molar-refractivity contribution is 7.52. The molecule has 5 atom stereocenters. The Morgan fingerprint density at radius 3 is 2.76 bits per heavy atom. The van der Waals surface area contributed by atoms with Crippen LogP contribution < -0.4 is 20.9 Å². The van der Waals surface area contributed by atoms with Gasteiger partial charge in [0.2, 0.25) is 5.82 Å². The van der Waals surface area contributed by atoms with Gasteiger partial charge in [0, 0.05) is 6.42 Å². The van der Waals surface area contributed by atoms with Gasteiger partial charge in [-0.2, -0.15) is 9.48 Å². The van der Waals surface area contributed by atoms with Gasteiger partial charge in [-0.25, -0.2) is 9.36 Å². The number of aromatic amines is 1. The number of aliphatic hydroxyl groups excluding tert-OH is 1. The van der Waals surface area contributed by atoms with Crippen molar-refractivity contribution in [1.29, 1.82) is 0 Å². The predicted molar refractivity (Wildman–Crippen MR) is 111 cm³/mol. The maximum Gasteiger partial charge on any atom is 0.459 e. The molecule has 1 aliphatic heterocycles. The number of hydrogen-bond acceptors (Lipinski definition) is 9. The van der Waals surface area contributed by atoms with Crippen LogP contribution >= 0.6 is 7.75 Å².